The second-order valence-electron chi connectivity index (χ2n) is 7.54. The van der Waals surface area contributed by atoms with Gasteiger partial charge in [-0.1, -0.05) is 12.8 Å². The second-order valence-corrected chi connectivity index (χ2v) is 8.40. The van der Waals surface area contributed by atoms with Crippen molar-refractivity contribution in [2.75, 3.05) is 13.1 Å². The number of amides is 2. The summed E-state index contributed by atoms with van der Waals surface area (Å²) in [6, 6.07) is 2.02. The number of carbonyl (C=O) groups excluding carboxylic acids is 2. The molecule has 1 aliphatic heterocycles. The van der Waals surface area contributed by atoms with Crippen LogP contribution in [0.4, 0.5) is 0 Å². The molecule has 1 saturated carbocycles. The molecule has 2 aliphatic rings. The molecule has 1 aliphatic carbocycles. The van der Waals surface area contributed by atoms with Crippen LogP contribution in [0.2, 0.25) is 0 Å². The van der Waals surface area contributed by atoms with Crippen molar-refractivity contribution < 1.29 is 14.0 Å². The SMILES string of the molecule is O=C(CC1CCCC1)NC1CCN(C(=O)c2csc(-c3ccoc3)n2)CC1. The third kappa shape index (κ3) is 4.40. The van der Waals surface area contributed by atoms with E-state index in [1.165, 1.54) is 37.0 Å². The Bertz CT molecular complexity index is 772. The fourth-order valence-electron chi connectivity index (χ4n) is 4.04. The van der Waals surface area contributed by atoms with E-state index in [2.05, 4.69) is 10.3 Å². The largest absolute Gasteiger partial charge is 0.472 e. The van der Waals surface area contributed by atoms with Crippen molar-refractivity contribution in [2.24, 2.45) is 5.92 Å². The van der Waals surface area contributed by atoms with Crippen LogP contribution in [-0.4, -0.2) is 40.8 Å². The summed E-state index contributed by atoms with van der Waals surface area (Å²) >= 11 is 1.45. The van der Waals surface area contributed by atoms with E-state index in [-0.39, 0.29) is 17.9 Å². The lowest BCUT2D eigenvalue weighted by molar-refractivity contribution is -0.122. The molecule has 7 heteroatoms. The first-order valence-electron chi connectivity index (χ1n) is 9.76. The van der Waals surface area contributed by atoms with E-state index < -0.39 is 0 Å². The number of nitrogens with one attached hydrogen (secondary N) is 1. The van der Waals surface area contributed by atoms with Gasteiger partial charge >= 0.3 is 0 Å². The van der Waals surface area contributed by atoms with Gasteiger partial charge in [-0.15, -0.1) is 11.3 Å². The molecule has 3 heterocycles. The summed E-state index contributed by atoms with van der Waals surface area (Å²) in [6.45, 7) is 1.32. The second kappa shape index (κ2) is 8.25. The summed E-state index contributed by atoms with van der Waals surface area (Å²) in [5.41, 5.74) is 1.38. The number of rotatable bonds is 5. The summed E-state index contributed by atoms with van der Waals surface area (Å²) in [7, 11) is 0. The first kappa shape index (κ1) is 18.2. The molecule has 1 N–H and O–H groups in total. The van der Waals surface area contributed by atoms with Gasteiger partial charge in [0.05, 0.1) is 6.26 Å². The van der Waals surface area contributed by atoms with Crippen LogP contribution in [0.25, 0.3) is 10.6 Å². The molecule has 0 bridgehead atoms. The number of hydrogen-bond acceptors (Lipinski definition) is 5. The van der Waals surface area contributed by atoms with Crippen molar-refractivity contribution >= 4 is 23.2 Å². The van der Waals surface area contributed by atoms with Gasteiger partial charge in [0.15, 0.2) is 0 Å². The Balaban J connectivity index is 1.26. The zero-order chi connectivity index (χ0) is 18.6. The standard InChI is InChI=1S/C20H25N3O3S/c24-18(11-14-3-1-2-4-14)21-16-5-8-23(9-6-16)20(25)17-13-27-19(22-17)15-7-10-26-12-15/h7,10,12-14,16H,1-6,8-9,11H2,(H,21,24). The van der Waals surface area contributed by atoms with Crippen LogP contribution in [0.1, 0.15) is 55.4 Å². The van der Waals surface area contributed by atoms with E-state index >= 15 is 0 Å². The Kier molecular flexibility index (Phi) is 5.57. The Morgan fingerprint density at radius 2 is 2.00 bits per heavy atom. The van der Waals surface area contributed by atoms with Gasteiger partial charge in [0.25, 0.3) is 5.91 Å². The molecule has 0 aromatic carbocycles. The number of hydrogen-bond donors (Lipinski definition) is 1. The van der Waals surface area contributed by atoms with Crippen molar-refractivity contribution in [3.05, 3.63) is 29.7 Å². The molecule has 2 amide bonds. The number of aromatic nitrogens is 1. The van der Waals surface area contributed by atoms with E-state index in [0.29, 0.717) is 31.1 Å². The molecular weight excluding hydrogens is 362 g/mol. The highest BCUT2D eigenvalue weighted by atomic mass is 32.1. The Hall–Kier alpha value is -2.15. The third-order valence-corrected chi connectivity index (χ3v) is 6.48. The van der Waals surface area contributed by atoms with Crippen LogP contribution >= 0.6 is 11.3 Å². The van der Waals surface area contributed by atoms with Crippen LogP contribution in [0, 0.1) is 5.92 Å². The number of likely N-dealkylation sites (tertiary alicyclic amines) is 1. The minimum Gasteiger partial charge on any atom is -0.472 e. The normalized spacial score (nSPS) is 18.7. The van der Waals surface area contributed by atoms with E-state index in [0.717, 1.165) is 23.4 Å². The Labute approximate surface area is 163 Å². The molecule has 2 aromatic rings. The quantitative estimate of drug-likeness (QED) is 0.849. The number of thiazole rings is 1. The fraction of sp³-hybridized carbons (Fsp3) is 0.550. The first-order valence-corrected chi connectivity index (χ1v) is 10.6. The predicted molar refractivity (Wildman–Crippen MR) is 103 cm³/mol. The summed E-state index contributed by atoms with van der Waals surface area (Å²) in [5, 5.41) is 5.77. The van der Waals surface area contributed by atoms with Gasteiger partial charge in [0.2, 0.25) is 5.91 Å². The monoisotopic (exact) mass is 387 g/mol. The molecule has 2 aromatic heterocycles. The van der Waals surface area contributed by atoms with Gasteiger partial charge in [-0.3, -0.25) is 9.59 Å². The maximum absolute atomic E-state index is 12.7. The zero-order valence-corrected chi connectivity index (χ0v) is 16.2. The van der Waals surface area contributed by atoms with Crippen molar-refractivity contribution in [3.63, 3.8) is 0 Å². The maximum atomic E-state index is 12.7. The lowest BCUT2D eigenvalue weighted by Gasteiger charge is -2.32. The molecule has 2 fully saturated rings. The van der Waals surface area contributed by atoms with E-state index in [1.807, 2.05) is 11.0 Å². The molecular formula is C20H25N3O3S. The van der Waals surface area contributed by atoms with Crippen LogP contribution in [-0.2, 0) is 4.79 Å². The van der Waals surface area contributed by atoms with Crippen molar-refractivity contribution in [2.45, 2.75) is 51.0 Å². The minimum absolute atomic E-state index is 0.0308. The zero-order valence-electron chi connectivity index (χ0n) is 15.4. The van der Waals surface area contributed by atoms with E-state index in [9.17, 15) is 9.59 Å². The van der Waals surface area contributed by atoms with Crippen molar-refractivity contribution in [3.8, 4) is 10.6 Å². The van der Waals surface area contributed by atoms with Gasteiger partial charge < -0.3 is 14.6 Å². The van der Waals surface area contributed by atoms with Gasteiger partial charge in [-0.05, 0) is 37.7 Å². The average Bonchev–Trinajstić information content (AvgIpc) is 3.43. The maximum Gasteiger partial charge on any atom is 0.273 e. The van der Waals surface area contributed by atoms with Crippen LogP contribution in [0.3, 0.4) is 0 Å². The van der Waals surface area contributed by atoms with Crippen LogP contribution in [0.15, 0.2) is 28.4 Å². The van der Waals surface area contributed by atoms with Crippen LogP contribution < -0.4 is 5.32 Å². The molecule has 144 valence electrons. The van der Waals surface area contributed by atoms with Crippen molar-refractivity contribution in [1.82, 2.24) is 15.2 Å². The molecule has 0 spiro atoms. The fourth-order valence-corrected chi connectivity index (χ4v) is 4.82. The summed E-state index contributed by atoms with van der Waals surface area (Å²) < 4.78 is 5.08. The lowest BCUT2D eigenvalue weighted by Crippen LogP contribution is -2.46. The topological polar surface area (TPSA) is 75.4 Å². The number of carbonyl (C=O) groups is 2. The Morgan fingerprint density at radius 1 is 1.22 bits per heavy atom. The van der Waals surface area contributed by atoms with Gasteiger partial charge in [-0.25, -0.2) is 4.98 Å². The van der Waals surface area contributed by atoms with Gasteiger partial charge in [0, 0.05) is 36.5 Å². The number of piperidine rings is 1. The average molecular weight is 388 g/mol. The van der Waals surface area contributed by atoms with Gasteiger partial charge in [-0.2, -0.15) is 0 Å². The molecule has 6 nitrogen and oxygen atoms in total. The summed E-state index contributed by atoms with van der Waals surface area (Å²) in [6.07, 6.45) is 10.4. The highest BCUT2D eigenvalue weighted by Crippen LogP contribution is 2.28. The molecule has 4 rings (SSSR count). The number of nitrogens with zero attached hydrogens (tertiary/aromatic N) is 2. The molecule has 27 heavy (non-hydrogen) atoms. The molecule has 0 unspecified atom stereocenters. The lowest BCUT2D eigenvalue weighted by atomic mass is 10.0. The first-order chi connectivity index (χ1) is 13.2. The van der Waals surface area contributed by atoms with Gasteiger partial charge in [0.1, 0.15) is 17.0 Å². The molecule has 0 radical (unpaired) electrons. The third-order valence-electron chi connectivity index (χ3n) is 5.59. The summed E-state index contributed by atoms with van der Waals surface area (Å²) in [4.78, 5) is 31.2. The van der Waals surface area contributed by atoms with Crippen molar-refractivity contribution in [1.29, 1.82) is 0 Å². The molecule has 0 atom stereocenters. The van der Waals surface area contributed by atoms with E-state index in [1.54, 1.807) is 17.9 Å². The summed E-state index contributed by atoms with van der Waals surface area (Å²) in [5.74, 6) is 0.716. The Morgan fingerprint density at radius 3 is 2.70 bits per heavy atom. The predicted octanol–water partition coefficient (Wildman–Crippen LogP) is 3.70. The van der Waals surface area contributed by atoms with E-state index in [4.69, 9.17) is 4.42 Å². The smallest absolute Gasteiger partial charge is 0.273 e. The highest BCUT2D eigenvalue weighted by Gasteiger charge is 2.27. The number of furan rings is 1. The highest BCUT2D eigenvalue weighted by molar-refractivity contribution is 7.13. The minimum atomic E-state index is -0.0308. The molecule has 1 saturated heterocycles. The van der Waals surface area contributed by atoms with Crippen LogP contribution in [0.5, 0.6) is 0 Å².